The number of ether oxygens (including phenoxy) is 2. The first-order valence-electron chi connectivity index (χ1n) is 18.7. The Balaban J connectivity index is 1.13. The minimum absolute atomic E-state index is 0.129. The molecule has 2 fully saturated rings. The third-order valence-corrected chi connectivity index (χ3v) is 10.5. The van der Waals surface area contributed by atoms with Crippen LogP contribution >= 0.6 is 0 Å². The van der Waals surface area contributed by atoms with Crippen LogP contribution in [0.1, 0.15) is 77.1 Å². The van der Waals surface area contributed by atoms with Crippen LogP contribution in [0.5, 0.6) is 0 Å². The van der Waals surface area contributed by atoms with Crippen LogP contribution in [-0.4, -0.2) is 93.1 Å². The standard InChI is InChI=1S/C40H49FN8O6/c1-22(2)33(46-39(52)54-5)37(50)48-17-7-9-31(48)35-42-20-29(44-35)25-13-11-24(12-14-25)26-15-16-27(28(41)19-26)30-21-43-36(45-30)32-10-8-18-49(32)38(51)34(23(3)4)47-40(53)55-6/h11-16,19-23,31-34H,7-10,17-18H2,1-6H3,(H,42,44)(H,43,45)(H,46,52)(H,47,53)/t31-,32-,33-,34-/m0/s1. The van der Waals surface area contributed by atoms with Crippen molar-refractivity contribution in [2.75, 3.05) is 27.3 Å². The van der Waals surface area contributed by atoms with E-state index in [-0.39, 0.29) is 35.7 Å². The van der Waals surface area contributed by atoms with Crippen molar-refractivity contribution in [1.29, 1.82) is 0 Å². The maximum absolute atomic E-state index is 15.7. The van der Waals surface area contributed by atoms with E-state index < -0.39 is 30.1 Å². The summed E-state index contributed by atoms with van der Waals surface area (Å²) >= 11 is 0. The fourth-order valence-corrected chi connectivity index (χ4v) is 7.44. The molecule has 0 bridgehead atoms. The number of aromatic amines is 2. The van der Waals surface area contributed by atoms with E-state index in [1.54, 1.807) is 28.3 Å². The van der Waals surface area contributed by atoms with Crippen LogP contribution in [0, 0.1) is 17.7 Å². The van der Waals surface area contributed by atoms with Gasteiger partial charge in [0.1, 0.15) is 29.5 Å². The number of halogens is 1. The molecule has 0 radical (unpaired) electrons. The lowest BCUT2D eigenvalue weighted by Gasteiger charge is -2.30. The molecule has 4 aromatic rings. The molecule has 2 aromatic heterocycles. The van der Waals surface area contributed by atoms with Crippen molar-refractivity contribution in [2.24, 2.45) is 11.8 Å². The molecule has 14 nitrogen and oxygen atoms in total. The zero-order valence-electron chi connectivity index (χ0n) is 32.0. The van der Waals surface area contributed by atoms with Gasteiger partial charge in [0, 0.05) is 18.7 Å². The first kappa shape index (κ1) is 39.0. The van der Waals surface area contributed by atoms with Crippen LogP contribution in [0.25, 0.3) is 33.6 Å². The molecule has 2 aliphatic heterocycles. The summed E-state index contributed by atoms with van der Waals surface area (Å²) in [6.45, 7) is 8.56. The second kappa shape index (κ2) is 16.7. The summed E-state index contributed by atoms with van der Waals surface area (Å²) in [5.74, 6) is 0.142. The highest BCUT2D eigenvalue weighted by Crippen LogP contribution is 2.35. The molecule has 4 N–H and O–H groups in total. The second-order valence-electron chi connectivity index (χ2n) is 14.7. The Morgan fingerprint density at radius 3 is 1.64 bits per heavy atom. The molecule has 0 aliphatic carbocycles. The molecule has 2 aromatic carbocycles. The summed E-state index contributed by atoms with van der Waals surface area (Å²) < 4.78 is 25.2. The highest BCUT2D eigenvalue weighted by Gasteiger charge is 2.39. The minimum Gasteiger partial charge on any atom is -0.453 e. The van der Waals surface area contributed by atoms with Crippen molar-refractivity contribution >= 4 is 24.0 Å². The zero-order chi connectivity index (χ0) is 39.4. The van der Waals surface area contributed by atoms with Gasteiger partial charge in [-0.2, -0.15) is 0 Å². The van der Waals surface area contributed by atoms with Gasteiger partial charge in [0.2, 0.25) is 11.8 Å². The molecule has 292 valence electrons. The molecule has 0 saturated carbocycles. The van der Waals surface area contributed by atoms with E-state index in [1.165, 1.54) is 20.3 Å². The fraction of sp³-hybridized carbons (Fsp3) is 0.450. The first-order chi connectivity index (χ1) is 26.4. The predicted octanol–water partition coefficient (Wildman–Crippen LogP) is 6.36. The van der Waals surface area contributed by atoms with E-state index in [1.807, 2.05) is 58.0 Å². The average molecular weight is 757 g/mol. The Morgan fingerprint density at radius 1 is 0.709 bits per heavy atom. The van der Waals surface area contributed by atoms with E-state index in [4.69, 9.17) is 9.47 Å². The van der Waals surface area contributed by atoms with Crippen LogP contribution in [0.4, 0.5) is 14.0 Å². The summed E-state index contributed by atoms with van der Waals surface area (Å²) in [6, 6.07) is 10.7. The van der Waals surface area contributed by atoms with Crippen molar-refractivity contribution in [3.05, 3.63) is 72.3 Å². The third kappa shape index (κ3) is 8.35. The zero-order valence-corrected chi connectivity index (χ0v) is 32.0. The SMILES string of the molecule is COC(=O)N[C@H](C(=O)N1CCC[C@H]1c1ncc(-c2ccc(-c3ccc(-c4cnc([C@@H]5CCCN5C(=O)[C@@H](NC(=O)OC)C(C)C)[nH]4)c(F)c3)cc2)[nH]1)C(C)C. The minimum atomic E-state index is -0.750. The third-order valence-electron chi connectivity index (χ3n) is 10.5. The Hall–Kier alpha value is -5.73. The van der Waals surface area contributed by atoms with Gasteiger partial charge in [-0.1, -0.05) is 58.0 Å². The number of imidazole rings is 2. The number of nitrogens with one attached hydrogen (secondary N) is 4. The smallest absolute Gasteiger partial charge is 0.407 e. The lowest BCUT2D eigenvalue weighted by atomic mass is 10.0. The Bertz CT molecular complexity index is 2010. The van der Waals surface area contributed by atoms with E-state index in [0.29, 0.717) is 48.0 Å². The second-order valence-corrected chi connectivity index (χ2v) is 14.7. The summed E-state index contributed by atoms with van der Waals surface area (Å²) in [7, 11) is 2.53. The Labute approximate surface area is 319 Å². The average Bonchev–Trinajstić information content (AvgIpc) is 4.02. The largest absolute Gasteiger partial charge is 0.453 e. The number of carbonyl (C=O) groups is 4. The number of hydrogen-bond donors (Lipinski definition) is 4. The van der Waals surface area contributed by atoms with E-state index >= 15 is 4.39 Å². The van der Waals surface area contributed by atoms with Gasteiger partial charge in [-0.3, -0.25) is 9.59 Å². The number of alkyl carbamates (subject to hydrolysis) is 2. The van der Waals surface area contributed by atoms with Gasteiger partial charge in [0.25, 0.3) is 0 Å². The van der Waals surface area contributed by atoms with Gasteiger partial charge >= 0.3 is 12.2 Å². The number of benzene rings is 2. The lowest BCUT2D eigenvalue weighted by Crippen LogP contribution is -2.51. The van der Waals surface area contributed by atoms with E-state index in [2.05, 4.69) is 30.6 Å². The molecule has 4 heterocycles. The Kier molecular flexibility index (Phi) is 11.9. The number of likely N-dealkylation sites (tertiary alicyclic amines) is 2. The van der Waals surface area contributed by atoms with Gasteiger partial charge in [-0.25, -0.2) is 23.9 Å². The fourth-order valence-electron chi connectivity index (χ4n) is 7.44. The number of nitrogens with zero attached hydrogens (tertiary/aromatic N) is 4. The molecule has 4 atom stereocenters. The highest BCUT2D eigenvalue weighted by atomic mass is 19.1. The molecule has 2 saturated heterocycles. The van der Waals surface area contributed by atoms with Crippen LogP contribution in [0.3, 0.4) is 0 Å². The number of methoxy groups -OCH3 is 2. The maximum Gasteiger partial charge on any atom is 0.407 e. The van der Waals surface area contributed by atoms with Gasteiger partial charge < -0.3 is 39.9 Å². The molecule has 4 amide bonds. The molecule has 0 spiro atoms. The number of carbonyl (C=O) groups excluding carboxylic acids is 4. The predicted molar refractivity (Wildman–Crippen MR) is 203 cm³/mol. The molecule has 15 heteroatoms. The van der Waals surface area contributed by atoms with Crippen LogP contribution in [-0.2, 0) is 19.1 Å². The number of aromatic nitrogens is 4. The number of hydrogen-bond acceptors (Lipinski definition) is 8. The highest BCUT2D eigenvalue weighted by molar-refractivity contribution is 5.87. The van der Waals surface area contributed by atoms with E-state index in [9.17, 15) is 19.2 Å². The molecule has 0 unspecified atom stereocenters. The van der Waals surface area contributed by atoms with Gasteiger partial charge in [-0.15, -0.1) is 0 Å². The molecule has 55 heavy (non-hydrogen) atoms. The van der Waals surface area contributed by atoms with Gasteiger partial charge in [0.15, 0.2) is 0 Å². The summed E-state index contributed by atoms with van der Waals surface area (Å²) in [4.78, 5) is 70.2. The lowest BCUT2D eigenvalue weighted by molar-refractivity contribution is -0.136. The van der Waals surface area contributed by atoms with Crippen molar-refractivity contribution < 1.29 is 33.0 Å². The van der Waals surface area contributed by atoms with Gasteiger partial charge in [0.05, 0.1) is 50.1 Å². The van der Waals surface area contributed by atoms with Crippen molar-refractivity contribution in [3.63, 3.8) is 0 Å². The van der Waals surface area contributed by atoms with Crippen molar-refractivity contribution in [3.8, 4) is 33.6 Å². The summed E-state index contributed by atoms with van der Waals surface area (Å²) in [5.41, 5.74) is 4.04. The molecule has 6 rings (SSSR count). The van der Waals surface area contributed by atoms with Crippen molar-refractivity contribution in [1.82, 2.24) is 40.4 Å². The first-order valence-corrected chi connectivity index (χ1v) is 18.7. The Morgan fingerprint density at radius 2 is 1.16 bits per heavy atom. The maximum atomic E-state index is 15.7. The number of rotatable bonds is 11. The van der Waals surface area contributed by atoms with Crippen LogP contribution < -0.4 is 10.6 Å². The van der Waals surface area contributed by atoms with Crippen LogP contribution in [0.15, 0.2) is 54.9 Å². The summed E-state index contributed by atoms with van der Waals surface area (Å²) in [6.07, 6.45) is 5.04. The molecular weight excluding hydrogens is 707 g/mol. The topological polar surface area (TPSA) is 175 Å². The monoisotopic (exact) mass is 756 g/mol. The molecule has 2 aliphatic rings. The van der Waals surface area contributed by atoms with Crippen molar-refractivity contribution in [2.45, 2.75) is 77.5 Å². The molecular formula is C40H49FN8O6. The summed E-state index contributed by atoms with van der Waals surface area (Å²) in [5, 5.41) is 5.32. The van der Waals surface area contributed by atoms with Gasteiger partial charge in [-0.05, 0) is 66.3 Å². The quantitative estimate of drug-likeness (QED) is 0.137. The van der Waals surface area contributed by atoms with E-state index in [0.717, 1.165) is 36.1 Å². The number of H-pyrrole nitrogens is 2. The normalized spacial score (nSPS) is 18.1. The van der Waals surface area contributed by atoms with Crippen LogP contribution in [0.2, 0.25) is 0 Å². The number of amides is 4.